The highest BCUT2D eigenvalue weighted by molar-refractivity contribution is 7.89. The number of rotatable bonds is 7. The van der Waals surface area contributed by atoms with Crippen LogP contribution >= 0.6 is 0 Å². The number of benzene rings is 1. The first kappa shape index (κ1) is 18.8. The Hall–Kier alpha value is -1.96. The highest BCUT2D eigenvalue weighted by atomic mass is 32.2. The highest BCUT2D eigenvalue weighted by Crippen LogP contribution is 2.25. The van der Waals surface area contributed by atoms with Crippen LogP contribution in [0.1, 0.15) is 18.1 Å². The van der Waals surface area contributed by atoms with Crippen molar-refractivity contribution in [3.05, 3.63) is 53.9 Å². The summed E-state index contributed by atoms with van der Waals surface area (Å²) in [4.78, 5) is 4.27. The summed E-state index contributed by atoms with van der Waals surface area (Å²) in [6.07, 6.45) is 4.93. The van der Waals surface area contributed by atoms with Gasteiger partial charge in [-0.1, -0.05) is 6.92 Å². The van der Waals surface area contributed by atoms with Crippen LogP contribution in [-0.4, -0.2) is 39.8 Å². The van der Waals surface area contributed by atoms with E-state index in [1.165, 1.54) is 0 Å². The highest BCUT2D eigenvalue weighted by Gasteiger charge is 2.32. The Morgan fingerprint density at radius 3 is 2.69 bits per heavy atom. The third-order valence-corrected chi connectivity index (χ3v) is 6.18. The standard InChI is InChI=1S/C19H24N2O4S/c1-3-15-11-17(4-5-19(15)24-2)26(22,23)21-18-13-25-12-16(18)10-14-6-8-20-9-7-14/h4-9,11,16,18,21H,3,10,12-13H2,1-2H3/t16-,18+/m1/s1. The van der Waals surface area contributed by atoms with Gasteiger partial charge in [-0.25, -0.2) is 13.1 Å². The Morgan fingerprint density at radius 2 is 2.00 bits per heavy atom. The minimum Gasteiger partial charge on any atom is -0.496 e. The molecule has 1 aliphatic rings. The lowest BCUT2D eigenvalue weighted by Gasteiger charge is -2.19. The van der Waals surface area contributed by atoms with Gasteiger partial charge < -0.3 is 9.47 Å². The van der Waals surface area contributed by atoms with Gasteiger partial charge in [0.2, 0.25) is 10.0 Å². The predicted molar refractivity (Wildman–Crippen MR) is 98.7 cm³/mol. The van der Waals surface area contributed by atoms with E-state index in [4.69, 9.17) is 9.47 Å². The molecule has 3 rings (SSSR count). The fourth-order valence-electron chi connectivity index (χ4n) is 3.22. The van der Waals surface area contributed by atoms with Crippen LogP contribution in [0.5, 0.6) is 5.75 Å². The quantitative estimate of drug-likeness (QED) is 0.801. The average molecular weight is 376 g/mol. The van der Waals surface area contributed by atoms with E-state index in [9.17, 15) is 8.42 Å². The van der Waals surface area contributed by atoms with E-state index in [1.807, 2.05) is 19.1 Å². The molecule has 26 heavy (non-hydrogen) atoms. The summed E-state index contributed by atoms with van der Waals surface area (Å²) in [5.41, 5.74) is 1.99. The van der Waals surface area contributed by atoms with Gasteiger partial charge >= 0.3 is 0 Å². The van der Waals surface area contributed by atoms with Crippen LogP contribution in [0.2, 0.25) is 0 Å². The first-order valence-electron chi connectivity index (χ1n) is 8.69. The summed E-state index contributed by atoms with van der Waals surface area (Å²) in [5, 5.41) is 0. The smallest absolute Gasteiger partial charge is 0.240 e. The van der Waals surface area contributed by atoms with Crippen molar-refractivity contribution < 1.29 is 17.9 Å². The summed E-state index contributed by atoms with van der Waals surface area (Å²) in [5.74, 6) is 0.794. The molecule has 0 saturated carbocycles. The van der Waals surface area contributed by atoms with Crippen molar-refractivity contribution in [2.75, 3.05) is 20.3 Å². The van der Waals surface area contributed by atoms with Crippen LogP contribution in [0.15, 0.2) is 47.6 Å². The Kier molecular flexibility index (Phi) is 5.90. The second-order valence-corrected chi connectivity index (χ2v) is 8.13. The minimum absolute atomic E-state index is 0.0936. The van der Waals surface area contributed by atoms with Crippen LogP contribution in [0.3, 0.4) is 0 Å². The van der Waals surface area contributed by atoms with Gasteiger partial charge in [0.1, 0.15) is 5.75 Å². The number of sulfonamides is 1. The van der Waals surface area contributed by atoms with E-state index in [0.29, 0.717) is 25.4 Å². The second-order valence-electron chi connectivity index (χ2n) is 6.41. The molecule has 0 aliphatic carbocycles. The van der Waals surface area contributed by atoms with Crippen molar-refractivity contribution in [1.82, 2.24) is 9.71 Å². The van der Waals surface area contributed by atoms with E-state index >= 15 is 0 Å². The molecule has 0 spiro atoms. The number of aromatic nitrogens is 1. The van der Waals surface area contributed by atoms with Crippen molar-refractivity contribution in [3.63, 3.8) is 0 Å². The van der Waals surface area contributed by atoms with Gasteiger partial charge in [0.05, 0.1) is 31.3 Å². The van der Waals surface area contributed by atoms with Crippen molar-refractivity contribution >= 4 is 10.0 Å². The van der Waals surface area contributed by atoms with E-state index in [1.54, 1.807) is 37.7 Å². The topological polar surface area (TPSA) is 77.5 Å². The summed E-state index contributed by atoms with van der Waals surface area (Å²) < 4.78 is 39.3. The molecule has 1 aromatic carbocycles. The Labute approximate surface area is 154 Å². The molecule has 0 radical (unpaired) electrons. The first-order valence-corrected chi connectivity index (χ1v) is 10.2. The van der Waals surface area contributed by atoms with Crippen LogP contribution in [0.4, 0.5) is 0 Å². The number of hydrogen-bond acceptors (Lipinski definition) is 5. The molecule has 0 amide bonds. The van der Waals surface area contributed by atoms with Crippen LogP contribution in [0.25, 0.3) is 0 Å². The molecular formula is C19H24N2O4S. The Bertz CT molecular complexity index is 840. The molecule has 1 aliphatic heterocycles. The van der Waals surface area contributed by atoms with E-state index in [-0.39, 0.29) is 16.9 Å². The molecule has 2 heterocycles. The Morgan fingerprint density at radius 1 is 1.23 bits per heavy atom. The lowest BCUT2D eigenvalue weighted by molar-refractivity contribution is 0.183. The molecule has 1 saturated heterocycles. The molecule has 1 fully saturated rings. The van der Waals surface area contributed by atoms with Crippen LogP contribution < -0.4 is 9.46 Å². The van der Waals surface area contributed by atoms with Gasteiger partial charge in [-0.05, 0) is 54.3 Å². The maximum Gasteiger partial charge on any atom is 0.240 e. The minimum atomic E-state index is -3.62. The van der Waals surface area contributed by atoms with Crippen molar-refractivity contribution in [2.45, 2.75) is 30.7 Å². The fraction of sp³-hybridized carbons (Fsp3) is 0.421. The number of methoxy groups -OCH3 is 1. The molecule has 1 aromatic heterocycles. The number of nitrogens with zero attached hydrogens (tertiary/aromatic N) is 1. The number of pyridine rings is 1. The Balaban J connectivity index is 1.76. The normalized spacial score (nSPS) is 20.2. The van der Waals surface area contributed by atoms with Gasteiger partial charge in [-0.3, -0.25) is 4.98 Å². The summed E-state index contributed by atoms with van der Waals surface area (Å²) >= 11 is 0. The maximum absolute atomic E-state index is 12.8. The van der Waals surface area contributed by atoms with E-state index in [2.05, 4.69) is 9.71 Å². The zero-order chi connectivity index (χ0) is 18.6. The van der Waals surface area contributed by atoms with Crippen molar-refractivity contribution in [2.24, 2.45) is 5.92 Å². The molecule has 6 nitrogen and oxygen atoms in total. The SMILES string of the molecule is CCc1cc(S(=O)(=O)N[C@H]2COC[C@H]2Cc2ccncc2)ccc1OC. The second kappa shape index (κ2) is 8.16. The lowest BCUT2D eigenvalue weighted by atomic mass is 9.96. The van der Waals surface area contributed by atoms with E-state index in [0.717, 1.165) is 17.5 Å². The molecule has 140 valence electrons. The molecule has 7 heteroatoms. The number of nitrogens with one attached hydrogen (secondary N) is 1. The zero-order valence-corrected chi connectivity index (χ0v) is 15.8. The number of ether oxygens (including phenoxy) is 2. The largest absolute Gasteiger partial charge is 0.496 e. The molecule has 2 aromatic rings. The fourth-order valence-corrected chi connectivity index (χ4v) is 4.56. The van der Waals surface area contributed by atoms with Gasteiger partial charge in [-0.15, -0.1) is 0 Å². The van der Waals surface area contributed by atoms with Gasteiger partial charge in [0.25, 0.3) is 0 Å². The number of hydrogen-bond donors (Lipinski definition) is 1. The van der Waals surface area contributed by atoms with Crippen molar-refractivity contribution in [1.29, 1.82) is 0 Å². The lowest BCUT2D eigenvalue weighted by Crippen LogP contribution is -2.40. The van der Waals surface area contributed by atoms with Gasteiger partial charge in [-0.2, -0.15) is 0 Å². The molecule has 0 unspecified atom stereocenters. The monoisotopic (exact) mass is 376 g/mol. The third-order valence-electron chi connectivity index (χ3n) is 4.70. The van der Waals surface area contributed by atoms with Gasteiger partial charge in [0, 0.05) is 18.3 Å². The van der Waals surface area contributed by atoms with E-state index < -0.39 is 10.0 Å². The van der Waals surface area contributed by atoms with Crippen molar-refractivity contribution in [3.8, 4) is 5.75 Å². The summed E-state index contributed by atoms with van der Waals surface area (Å²) in [6.45, 7) is 2.89. The molecular weight excluding hydrogens is 352 g/mol. The molecule has 1 N–H and O–H groups in total. The third kappa shape index (κ3) is 4.23. The summed E-state index contributed by atoms with van der Waals surface area (Å²) in [7, 11) is -2.04. The van der Waals surface area contributed by atoms with Gasteiger partial charge in [0.15, 0.2) is 0 Å². The van der Waals surface area contributed by atoms with Crippen LogP contribution in [0, 0.1) is 5.92 Å². The molecule has 2 atom stereocenters. The van der Waals surface area contributed by atoms with Crippen LogP contribution in [-0.2, 0) is 27.6 Å². The zero-order valence-electron chi connectivity index (χ0n) is 15.0. The predicted octanol–water partition coefficient (Wildman–Crippen LogP) is 2.19. The average Bonchev–Trinajstić information content (AvgIpc) is 3.07. The molecule has 0 bridgehead atoms. The maximum atomic E-state index is 12.8. The first-order chi connectivity index (χ1) is 12.5. The number of aryl methyl sites for hydroxylation is 1. The summed E-state index contributed by atoms with van der Waals surface area (Å²) in [6, 6.07) is 8.60.